The summed E-state index contributed by atoms with van der Waals surface area (Å²) in [4.78, 5) is 28.5. The van der Waals surface area contributed by atoms with Gasteiger partial charge in [0.05, 0.1) is 5.56 Å². The van der Waals surface area contributed by atoms with E-state index in [2.05, 4.69) is 18.8 Å². The maximum Gasteiger partial charge on any atom is 0.342 e. The molecule has 2 bridgehead atoms. The number of carbonyl (C=O) groups excluding carboxylic acids is 1. The third kappa shape index (κ3) is 2.64. The van der Waals surface area contributed by atoms with E-state index in [4.69, 9.17) is 24.0 Å². The number of fused-ring (bicyclic) bond motifs is 2. The number of hydrogen-bond donors (Lipinski definition) is 0. The fraction of sp³-hybridized carbons (Fsp3) is 0.714. The number of rotatable bonds is 2. The van der Waals surface area contributed by atoms with Crippen LogP contribution in [0.1, 0.15) is 56.8 Å². The zero-order valence-corrected chi connectivity index (χ0v) is 16.5. The van der Waals surface area contributed by atoms with E-state index in [1.807, 2.05) is 6.92 Å². The molecule has 152 valence electrons. The molecule has 7 heteroatoms. The van der Waals surface area contributed by atoms with E-state index < -0.39 is 29.9 Å². The third-order valence-corrected chi connectivity index (χ3v) is 7.22. The Kier molecular flexibility index (Phi) is 4.28. The summed E-state index contributed by atoms with van der Waals surface area (Å²) in [6, 6.07) is 3.40. The number of nitrogens with zero attached hydrogens (tertiary/aromatic N) is 1. The summed E-state index contributed by atoms with van der Waals surface area (Å²) in [5, 5.41) is 0. The van der Waals surface area contributed by atoms with Crippen LogP contribution in [0, 0.1) is 23.7 Å². The minimum absolute atomic E-state index is 0.0403. The molecule has 8 atom stereocenters. The van der Waals surface area contributed by atoms with Gasteiger partial charge in [-0.2, -0.15) is 0 Å². The van der Waals surface area contributed by atoms with Crippen molar-refractivity contribution in [3.63, 3.8) is 0 Å². The third-order valence-electron chi connectivity index (χ3n) is 7.22. The van der Waals surface area contributed by atoms with Crippen LogP contribution in [-0.2, 0) is 24.0 Å². The van der Waals surface area contributed by atoms with Gasteiger partial charge >= 0.3 is 5.97 Å². The number of ether oxygens (including phenoxy) is 3. The Morgan fingerprint density at radius 1 is 1.21 bits per heavy atom. The van der Waals surface area contributed by atoms with Gasteiger partial charge < -0.3 is 14.2 Å². The normalized spacial score (nSPS) is 47.1. The molecule has 4 aliphatic heterocycles. The average molecular weight is 389 g/mol. The van der Waals surface area contributed by atoms with Crippen molar-refractivity contribution in [2.24, 2.45) is 23.7 Å². The minimum atomic E-state index is -0.837. The fourth-order valence-electron chi connectivity index (χ4n) is 5.66. The highest BCUT2D eigenvalue weighted by Gasteiger charge is 2.69. The van der Waals surface area contributed by atoms with Crippen LogP contribution in [0.2, 0.25) is 0 Å². The molecule has 1 aromatic heterocycles. The van der Waals surface area contributed by atoms with Gasteiger partial charge in [0.25, 0.3) is 0 Å². The highest BCUT2D eigenvalue weighted by atomic mass is 17.3. The molecule has 7 nitrogen and oxygen atoms in total. The second-order valence-electron chi connectivity index (χ2n) is 8.92. The molecule has 0 amide bonds. The maximum absolute atomic E-state index is 12.6. The fourth-order valence-corrected chi connectivity index (χ4v) is 5.66. The Labute approximate surface area is 164 Å². The molecule has 4 saturated heterocycles. The second kappa shape index (κ2) is 6.49. The Bertz CT molecular complexity index is 759. The number of aromatic nitrogens is 1. The van der Waals surface area contributed by atoms with E-state index in [-0.39, 0.29) is 17.8 Å². The van der Waals surface area contributed by atoms with Gasteiger partial charge in [-0.15, -0.1) is 0 Å². The zero-order chi connectivity index (χ0) is 19.5. The van der Waals surface area contributed by atoms with Crippen LogP contribution < -0.4 is 0 Å². The van der Waals surface area contributed by atoms with Crippen LogP contribution in [0.5, 0.6) is 0 Å². The SMILES string of the molecule is C[C@H]1[C@H](OC(=O)c2cccnc2)O[C@@H]2O[C@@]3(C)CC[C@@H]4[C@H](C)CC[C@H]1[C@@]24OO3. The highest BCUT2D eigenvalue weighted by Crippen LogP contribution is 2.60. The molecule has 1 saturated carbocycles. The van der Waals surface area contributed by atoms with Crippen molar-refractivity contribution in [1.82, 2.24) is 4.98 Å². The summed E-state index contributed by atoms with van der Waals surface area (Å²) in [6.07, 6.45) is 5.60. The standard InChI is InChI=1S/C21H27NO6/c1-12-6-7-16-13(2)18(24-17(23)14-5-4-10-22-11-14)25-19-21(16)15(12)8-9-20(3,26-19)27-28-21/h4-5,10-13,15-16,18-19H,6-9H2,1-3H3/t12-,13-,15-,16-,18-,19-,20-,21-/m1/s1. The Balaban J connectivity index is 1.46. The Morgan fingerprint density at radius 2 is 2.07 bits per heavy atom. The number of pyridine rings is 1. The molecule has 0 unspecified atom stereocenters. The molecule has 28 heavy (non-hydrogen) atoms. The predicted molar refractivity (Wildman–Crippen MR) is 96.5 cm³/mol. The second-order valence-corrected chi connectivity index (χ2v) is 8.92. The lowest BCUT2D eigenvalue weighted by molar-refractivity contribution is -0.576. The van der Waals surface area contributed by atoms with Crippen LogP contribution in [-0.4, -0.2) is 34.9 Å². The number of esters is 1. The van der Waals surface area contributed by atoms with E-state index in [0.29, 0.717) is 11.5 Å². The van der Waals surface area contributed by atoms with Gasteiger partial charge in [-0.05, 0) is 50.2 Å². The van der Waals surface area contributed by atoms with Gasteiger partial charge in [0.15, 0.2) is 11.9 Å². The first-order valence-corrected chi connectivity index (χ1v) is 10.2. The van der Waals surface area contributed by atoms with Crippen LogP contribution in [0.3, 0.4) is 0 Å². The molecular weight excluding hydrogens is 362 g/mol. The summed E-state index contributed by atoms with van der Waals surface area (Å²) >= 11 is 0. The first-order valence-electron chi connectivity index (χ1n) is 10.2. The molecular formula is C21H27NO6. The molecule has 5 fully saturated rings. The van der Waals surface area contributed by atoms with Crippen LogP contribution in [0.4, 0.5) is 0 Å². The van der Waals surface area contributed by atoms with Crippen molar-refractivity contribution in [1.29, 1.82) is 0 Å². The monoisotopic (exact) mass is 389 g/mol. The summed E-state index contributed by atoms with van der Waals surface area (Å²) in [6.45, 7) is 6.22. The molecule has 0 N–H and O–H groups in total. The summed E-state index contributed by atoms with van der Waals surface area (Å²) in [5.74, 6) is -0.405. The van der Waals surface area contributed by atoms with Crippen LogP contribution in [0.25, 0.3) is 0 Å². The smallest absolute Gasteiger partial charge is 0.342 e. The van der Waals surface area contributed by atoms with Gasteiger partial charge in [0.2, 0.25) is 12.1 Å². The zero-order valence-electron chi connectivity index (χ0n) is 16.5. The van der Waals surface area contributed by atoms with Crippen LogP contribution >= 0.6 is 0 Å². The molecule has 1 aromatic rings. The maximum atomic E-state index is 12.6. The number of hydrogen-bond acceptors (Lipinski definition) is 7. The van der Waals surface area contributed by atoms with Crippen molar-refractivity contribution in [3.8, 4) is 0 Å². The summed E-state index contributed by atoms with van der Waals surface area (Å²) in [5.41, 5.74) is -0.242. The first-order chi connectivity index (χ1) is 13.4. The lowest BCUT2D eigenvalue weighted by atomic mass is 9.58. The molecule has 1 aliphatic carbocycles. The molecule has 6 rings (SSSR count). The molecule has 0 aromatic carbocycles. The van der Waals surface area contributed by atoms with Gasteiger partial charge in [-0.3, -0.25) is 4.98 Å². The van der Waals surface area contributed by atoms with Crippen molar-refractivity contribution in [2.75, 3.05) is 0 Å². The average Bonchev–Trinajstić information content (AvgIpc) is 2.92. The van der Waals surface area contributed by atoms with E-state index in [1.165, 1.54) is 6.20 Å². The first kappa shape index (κ1) is 18.5. The van der Waals surface area contributed by atoms with E-state index in [0.717, 1.165) is 25.7 Å². The Hall–Kier alpha value is -1.54. The van der Waals surface area contributed by atoms with Gasteiger partial charge in [-0.25, -0.2) is 14.6 Å². The lowest BCUT2D eigenvalue weighted by Crippen LogP contribution is -2.70. The summed E-state index contributed by atoms with van der Waals surface area (Å²) < 4.78 is 18.3. The lowest BCUT2D eigenvalue weighted by Gasteiger charge is -2.59. The highest BCUT2D eigenvalue weighted by molar-refractivity contribution is 5.89. The molecule has 1 spiro atoms. The van der Waals surface area contributed by atoms with Gasteiger partial charge in [0, 0.05) is 30.7 Å². The predicted octanol–water partition coefficient (Wildman–Crippen LogP) is 3.45. The number of carbonyl (C=O) groups is 1. The molecule has 0 radical (unpaired) electrons. The van der Waals surface area contributed by atoms with Crippen molar-refractivity contribution >= 4 is 5.97 Å². The van der Waals surface area contributed by atoms with E-state index in [1.54, 1.807) is 18.3 Å². The van der Waals surface area contributed by atoms with E-state index >= 15 is 0 Å². The van der Waals surface area contributed by atoms with Crippen molar-refractivity contribution in [2.45, 2.75) is 70.4 Å². The molecule has 5 aliphatic rings. The van der Waals surface area contributed by atoms with Crippen molar-refractivity contribution in [3.05, 3.63) is 30.1 Å². The van der Waals surface area contributed by atoms with Gasteiger partial charge in [0.1, 0.15) is 0 Å². The summed E-state index contributed by atoms with van der Waals surface area (Å²) in [7, 11) is 0. The topological polar surface area (TPSA) is 76.1 Å². The van der Waals surface area contributed by atoms with E-state index in [9.17, 15) is 4.79 Å². The van der Waals surface area contributed by atoms with Crippen LogP contribution in [0.15, 0.2) is 24.5 Å². The largest absolute Gasteiger partial charge is 0.432 e. The minimum Gasteiger partial charge on any atom is -0.432 e. The Morgan fingerprint density at radius 3 is 2.86 bits per heavy atom. The van der Waals surface area contributed by atoms with Gasteiger partial charge in [-0.1, -0.05) is 13.8 Å². The van der Waals surface area contributed by atoms with Crippen molar-refractivity contribution < 1.29 is 28.8 Å². The quantitative estimate of drug-likeness (QED) is 0.566. The molecule has 5 heterocycles.